The van der Waals surface area contributed by atoms with Gasteiger partial charge in [0.25, 0.3) is 11.9 Å². The van der Waals surface area contributed by atoms with E-state index < -0.39 is 0 Å². The summed E-state index contributed by atoms with van der Waals surface area (Å²) in [6.07, 6.45) is 0.706. The van der Waals surface area contributed by atoms with Crippen LogP contribution in [0.25, 0.3) is 0 Å². The van der Waals surface area contributed by atoms with E-state index in [-0.39, 0.29) is 36.4 Å². The van der Waals surface area contributed by atoms with Gasteiger partial charge in [-0.15, -0.1) is 5.10 Å². The molecule has 3 aromatic rings. The Hall–Kier alpha value is -3.26. The van der Waals surface area contributed by atoms with Gasteiger partial charge in [0.15, 0.2) is 0 Å². The summed E-state index contributed by atoms with van der Waals surface area (Å²) in [5, 5.41) is 10.5. The number of hydrogen-bond acceptors (Lipinski definition) is 5. The molecule has 1 aliphatic rings. The molecule has 0 spiro atoms. The van der Waals surface area contributed by atoms with E-state index in [2.05, 4.69) is 20.7 Å². The Bertz CT molecular complexity index is 958. The number of hydrogen-bond donors (Lipinski definition) is 2. The van der Waals surface area contributed by atoms with Gasteiger partial charge in [-0.3, -0.25) is 10.1 Å². The van der Waals surface area contributed by atoms with Crippen LogP contribution in [0.15, 0.2) is 54.6 Å². The van der Waals surface area contributed by atoms with Crippen molar-refractivity contribution >= 4 is 17.8 Å². The molecule has 4 rings (SSSR count). The number of anilines is 2. The lowest BCUT2D eigenvalue weighted by Crippen LogP contribution is -2.28. The molecule has 0 radical (unpaired) electrons. The fourth-order valence-electron chi connectivity index (χ4n) is 3.39. The molecule has 1 amide bonds. The zero-order valence-corrected chi connectivity index (χ0v) is 15.3. The Morgan fingerprint density at radius 3 is 2.68 bits per heavy atom. The average Bonchev–Trinajstić information content (AvgIpc) is 3.11. The van der Waals surface area contributed by atoms with Crippen LogP contribution in [-0.4, -0.2) is 34.4 Å². The molecule has 0 saturated heterocycles. The first kappa shape index (κ1) is 18.1. The van der Waals surface area contributed by atoms with E-state index in [0.717, 1.165) is 11.1 Å². The van der Waals surface area contributed by atoms with Gasteiger partial charge >= 0.3 is 0 Å². The van der Waals surface area contributed by atoms with Crippen LogP contribution in [0.4, 0.5) is 16.3 Å². The summed E-state index contributed by atoms with van der Waals surface area (Å²) in [7, 11) is 1.45. The maximum atomic E-state index is 13.4. The predicted molar refractivity (Wildman–Crippen MR) is 102 cm³/mol. The first-order valence-corrected chi connectivity index (χ1v) is 8.96. The standard InChI is InChI=1S/C20H20FN5O2/c1-28-12-18(27)23-19-24-20-22-16(13-5-3-2-4-6-13)11-17(26(20)25-19)14-7-9-15(21)10-8-14/h2-10,16-17H,11-12H2,1H3,(H2,22,23,24,25,27)/t16-,17+/m1/s1. The normalized spacial score (nSPS) is 18.2. The minimum absolute atomic E-state index is 0.00970. The highest BCUT2D eigenvalue weighted by atomic mass is 19.1. The highest BCUT2D eigenvalue weighted by Crippen LogP contribution is 2.38. The van der Waals surface area contributed by atoms with Crippen LogP contribution in [0.3, 0.4) is 0 Å². The SMILES string of the molecule is COCC(=O)Nc1nc2n(n1)[C@H](c1ccc(F)cc1)C[C@H](c1ccccc1)N2. The molecule has 28 heavy (non-hydrogen) atoms. The Kier molecular flexibility index (Phi) is 5.03. The van der Waals surface area contributed by atoms with Gasteiger partial charge in [-0.1, -0.05) is 42.5 Å². The molecule has 2 N–H and O–H groups in total. The van der Waals surface area contributed by atoms with Crippen LogP contribution in [0.5, 0.6) is 0 Å². The lowest BCUT2D eigenvalue weighted by Gasteiger charge is -2.31. The third kappa shape index (κ3) is 3.72. The van der Waals surface area contributed by atoms with Gasteiger partial charge in [0.05, 0.1) is 12.1 Å². The van der Waals surface area contributed by atoms with Crippen molar-refractivity contribution in [3.05, 3.63) is 71.5 Å². The summed E-state index contributed by atoms with van der Waals surface area (Å²) in [6, 6.07) is 16.3. The number of nitrogens with zero attached hydrogens (tertiary/aromatic N) is 3. The van der Waals surface area contributed by atoms with Crippen molar-refractivity contribution in [1.82, 2.24) is 14.8 Å². The number of carbonyl (C=O) groups excluding carboxylic acids is 1. The molecule has 0 bridgehead atoms. The van der Waals surface area contributed by atoms with E-state index in [4.69, 9.17) is 4.74 Å². The van der Waals surface area contributed by atoms with E-state index in [1.54, 1.807) is 16.8 Å². The Balaban J connectivity index is 1.69. The number of fused-ring (bicyclic) bond motifs is 1. The molecule has 144 valence electrons. The summed E-state index contributed by atoms with van der Waals surface area (Å²) in [6.45, 7) is -0.0780. The van der Waals surface area contributed by atoms with Crippen molar-refractivity contribution in [2.75, 3.05) is 24.4 Å². The fourth-order valence-corrected chi connectivity index (χ4v) is 3.39. The Morgan fingerprint density at radius 1 is 1.21 bits per heavy atom. The van der Waals surface area contributed by atoms with E-state index in [1.165, 1.54) is 19.2 Å². The van der Waals surface area contributed by atoms with Crippen molar-refractivity contribution in [2.45, 2.75) is 18.5 Å². The molecular formula is C20H20FN5O2. The van der Waals surface area contributed by atoms with Crippen molar-refractivity contribution in [3.63, 3.8) is 0 Å². The minimum Gasteiger partial charge on any atom is -0.375 e. The second kappa shape index (κ2) is 7.77. The first-order valence-electron chi connectivity index (χ1n) is 8.96. The van der Waals surface area contributed by atoms with Gasteiger partial charge in [-0.2, -0.15) is 4.98 Å². The van der Waals surface area contributed by atoms with Gasteiger partial charge in [-0.25, -0.2) is 9.07 Å². The molecule has 0 fully saturated rings. The van der Waals surface area contributed by atoms with E-state index in [1.807, 2.05) is 30.3 Å². The number of amides is 1. The summed E-state index contributed by atoms with van der Waals surface area (Å²) >= 11 is 0. The number of methoxy groups -OCH3 is 1. The molecule has 0 saturated carbocycles. The third-order valence-corrected chi connectivity index (χ3v) is 4.67. The van der Waals surface area contributed by atoms with Crippen molar-refractivity contribution in [3.8, 4) is 0 Å². The third-order valence-electron chi connectivity index (χ3n) is 4.67. The van der Waals surface area contributed by atoms with Crippen molar-refractivity contribution < 1.29 is 13.9 Å². The largest absolute Gasteiger partial charge is 0.375 e. The molecule has 8 heteroatoms. The monoisotopic (exact) mass is 381 g/mol. The average molecular weight is 381 g/mol. The number of benzene rings is 2. The lowest BCUT2D eigenvalue weighted by atomic mass is 9.93. The van der Waals surface area contributed by atoms with E-state index in [9.17, 15) is 9.18 Å². The van der Waals surface area contributed by atoms with Crippen LogP contribution in [0.1, 0.15) is 29.6 Å². The molecule has 0 aliphatic carbocycles. The van der Waals surface area contributed by atoms with Crippen LogP contribution < -0.4 is 10.6 Å². The Morgan fingerprint density at radius 2 is 1.96 bits per heavy atom. The first-order chi connectivity index (χ1) is 13.6. The molecule has 1 aromatic heterocycles. The maximum absolute atomic E-state index is 13.4. The smallest absolute Gasteiger partial charge is 0.252 e. The van der Waals surface area contributed by atoms with Gasteiger partial charge in [0, 0.05) is 7.11 Å². The van der Waals surface area contributed by atoms with Crippen LogP contribution in [0, 0.1) is 5.82 Å². The number of rotatable bonds is 5. The van der Waals surface area contributed by atoms with Gasteiger partial charge in [0.2, 0.25) is 5.95 Å². The maximum Gasteiger partial charge on any atom is 0.252 e. The molecule has 2 atom stereocenters. The molecule has 0 unspecified atom stereocenters. The highest BCUT2D eigenvalue weighted by molar-refractivity contribution is 5.90. The zero-order valence-electron chi connectivity index (χ0n) is 15.3. The van der Waals surface area contributed by atoms with Crippen LogP contribution in [0.2, 0.25) is 0 Å². The lowest BCUT2D eigenvalue weighted by molar-refractivity contribution is -0.119. The number of carbonyl (C=O) groups is 1. The summed E-state index contributed by atoms with van der Waals surface area (Å²) in [5.41, 5.74) is 2.04. The highest BCUT2D eigenvalue weighted by Gasteiger charge is 2.31. The topological polar surface area (TPSA) is 81.1 Å². The fraction of sp³-hybridized carbons (Fsp3) is 0.250. The quantitative estimate of drug-likeness (QED) is 0.710. The second-order valence-electron chi connectivity index (χ2n) is 6.60. The summed E-state index contributed by atoms with van der Waals surface area (Å²) < 4.78 is 20.0. The molecule has 7 nitrogen and oxygen atoms in total. The van der Waals surface area contributed by atoms with Crippen molar-refractivity contribution in [2.24, 2.45) is 0 Å². The van der Waals surface area contributed by atoms with Gasteiger partial charge < -0.3 is 10.1 Å². The van der Waals surface area contributed by atoms with Gasteiger partial charge in [-0.05, 0) is 29.7 Å². The zero-order chi connectivity index (χ0) is 19.5. The molecule has 1 aliphatic heterocycles. The number of ether oxygens (including phenoxy) is 1. The molecule has 2 aromatic carbocycles. The van der Waals surface area contributed by atoms with E-state index in [0.29, 0.717) is 12.4 Å². The van der Waals surface area contributed by atoms with Crippen molar-refractivity contribution in [1.29, 1.82) is 0 Å². The van der Waals surface area contributed by atoms with Gasteiger partial charge in [0.1, 0.15) is 12.4 Å². The number of nitrogens with one attached hydrogen (secondary N) is 2. The number of halogens is 1. The summed E-state index contributed by atoms with van der Waals surface area (Å²) in [5.74, 6) is 0.125. The minimum atomic E-state index is -0.330. The number of aromatic nitrogens is 3. The van der Waals surface area contributed by atoms with Crippen LogP contribution in [-0.2, 0) is 9.53 Å². The Labute approximate surface area is 161 Å². The van der Waals surface area contributed by atoms with E-state index >= 15 is 0 Å². The molecule has 2 heterocycles. The second-order valence-corrected chi connectivity index (χ2v) is 6.60. The molecular weight excluding hydrogens is 361 g/mol. The predicted octanol–water partition coefficient (Wildman–Crippen LogP) is 3.15. The van der Waals surface area contributed by atoms with Crippen LogP contribution >= 0.6 is 0 Å². The summed E-state index contributed by atoms with van der Waals surface area (Å²) in [4.78, 5) is 16.2.